The lowest BCUT2D eigenvalue weighted by Gasteiger charge is -2.06. The van der Waals surface area contributed by atoms with Crippen molar-refractivity contribution in [3.8, 4) is 22.6 Å². The van der Waals surface area contributed by atoms with Crippen molar-refractivity contribution >= 4 is 17.5 Å². The predicted molar refractivity (Wildman–Crippen MR) is 114 cm³/mol. The first-order chi connectivity index (χ1) is 14.7. The van der Waals surface area contributed by atoms with E-state index in [4.69, 9.17) is 16.1 Å². The summed E-state index contributed by atoms with van der Waals surface area (Å²) in [6.07, 6.45) is 3.29. The molecule has 8 heteroatoms. The molecule has 0 bridgehead atoms. The van der Waals surface area contributed by atoms with Crippen molar-refractivity contribution in [1.82, 2.24) is 25.7 Å². The number of carbonyl (C=O) groups excluding carboxylic acids is 1. The molecule has 2 aromatic carbocycles. The molecule has 4 aromatic rings. The van der Waals surface area contributed by atoms with Gasteiger partial charge in [0.2, 0.25) is 17.6 Å². The molecule has 1 amide bonds. The Kier molecular flexibility index (Phi) is 6.20. The van der Waals surface area contributed by atoms with Crippen LogP contribution in [0.25, 0.3) is 22.6 Å². The van der Waals surface area contributed by atoms with Gasteiger partial charge in [-0.25, -0.2) is 0 Å². The van der Waals surface area contributed by atoms with Crippen LogP contribution in [0.5, 0.6) is 0 Å². The summed E-state index contributed by atoms with van der Waals surface area (Å²) in [5.74, 6) is 1.02. The van der Waals surface area contributed by atoms with Crippen molar-refractivity contribution in [3.05, 3.63) is 77.3 Å². The number of aromatic nitrogens is 4. The van der Waals surface area contributed by atoms with Crippen LogP contribution in [0, 0.1) is 0 Å². The van der Waals surface area contributed by atoms with Crippen molar-refractivity contribution < 1.29 is 9.32 Å². The van der Waals surface area contributed by atoms with E-state index in [9.17, 15) is 4.79 Å². The van der Waals surface area contributed by atoms with Gasteiger partial charge in [0.15, 0.2) is 0 Å². The highest BCUT2D eigenvalue weighted by atomic mass is 35.5. The molecule has 2 heterocycles. The van der Waals surface area contributed by atoms with E-state index in [-0.39, 0.29) is 5.91 Å². The maximum absolute atomic E-state index is 12.1. The number of hydrogen-bond donors (Lipinski definition) is 2. The molecule has 0 fully saturated rings. The van der Waals surface area contributed by atoms with Gasteiger partial charge < -0.3 is 9.84 Å². The van der Waals surface area contributed by atoms with Gasteiger partial charge in [-0.2, -0.15) is 10.1 Å². The summed E-state index contributed by atoms with van der Waals surface area (Å²) in [5, 5.41) is 14.5. The number of nitrogens with one attached hydrogen (secondary N) is 2. The van der Waals surface area contributed by atoms with E-state index in [0.29, 0.717) is 42.5 Å². The Bertz CT molecular complexity index is 1090. The van der Waals surface area contributed by atoms with Gasteiger partial charge in [0, 0.05) is 36.2 Å². The molecule has 2 N–H and O–H groups in total. The number of benzene rings is 2. The molecule has 0 saturated heterocycles. The molecule has 0 spiro atoms. The van der Waals surface area contributed by atoms with Crippen LogP contribution in [0.2, 0.25) is 5.02 Å². The molecule has 7 nitrogen and oxygen atoms in total. The van der Waals surface area contributed by atoms with Crippen LogP contribution in [0.3, 0.4) is 0 Å². The van der Waals surface area contributed by atoms with Crippen LogP contribution >= 0.6 is 11.6 Å². The lowest BCUT2D eigenvalue weighted by atomic mass is 10.1. The quantitative estimate of drug-likeness (QED) is 0.439. The Morgan fingerprint density at radius 2 is 1.80 bits per heavy atom. The summed E-state index contributed by atoms with van der Waals surface area (Å²) in [7, 11) is 0. The Morgan fingerprint density at radius 3 is 2.53 bits per heavy atom. The van der Waals surface area contributed by atoms with Crippen molar-refractivity contribution in [1.29, 1.82) is 0 Å². The number of hydrogen-bond acceptors (Lipinski definition) is 5. The van der Waals surface area contributed by atoms with E-state index in [0.717, 1.165) is 22.4 Å². The zero-order chi connectivity index (χ0) is 20.8. The van der Waals surface area contributed by atoms with Gasteiger partial charge in [0.05, 0.1) is 5.69 Å². The summed E-state index contributed by atoms with van der Waals surface area (Å²) in [5.41, 5.74) is 3.90. The zero-order valence-corrected chi connectivity index (χ0v) is 16.9. The molecular weight excluding hydrogens is 402 g/mol. The van der Waals surface area contributed by atoms with Crippen LogP contribution in [0.4, 0.5) is 0 Å². The number of H-pyrrole nitrogens is 1. The smallest absolute Gasteiger partial charge is 0.226 e. The first-order valence-corrected chi connectivity index (χ1v) is 9.99. The third kappa shape index (κ3) is 5.12. The van der Waals surface area contributed by atoms with Crippen molar-refractivity contribution in [2.75, 3.05) is 0 Å². The predicted octanol–water partition coefficient (Wildman–Crippen LogP) is 4.42. The summed E-state index contributed by atoms with van der Waals surface area (Å²) >= 11 is 5.89. The number of aromatic amines is 1. The highest BCUT2D eigenvalue weighted by Crippen LogP contribution is 2.19. The molecule has 4 rings (SSSR count). The molecule has 30 heavy (non-hydrogen) atoms. The minimum Gasteiger partial charge on any atom is -0.352 e. The second kappa shape index (κ2) is 9.37. The number of amides is 1. The van der Waals surface area contributed by atoms with Crippen LogP contribution in [0.15, 0.2) is 65.3 Å². The van der Waals surface area contributed by atoms with Crippen LogP contribution < -0.4 is 5.32 Å². The van der Waals surface area contributed by atoms with E-state index < -0.39 is 0 Å². The fourth-order valence-electron chi connectivity index (χ4n) is 2.98. The largest absolute Gasteiger partial charge is 0.352 e. The lowest BCUT2D eigenvalue weighted by molar-refractivity contribution is -0.121. The molecule has 152 valence electrons. The SMILES string of the molecule is O=C(CCCc1nc(-c2ccc(Cl)cc2)no1)NCc1ccc(-c2ccn[nH]2)cc1. The lowest BCUT2D eigenvalue weighted by Crippen LogP contribution is -2.22. The first-order valence-electron chi connectivity index (χ1n) is 9.61. The number of nitrogens with zero attached hydrogens (tertiary/aromatic N) is 3. The molecule has 0 atom stereocenters. The van der Waals surface area contributed by atoms with Gasteiger partial charge in [-0.3, -0.25) is 9.89 Å². The molecule has 0 saturated carbocycles. The second-order valence-corrected chi connectivity index (χ2v) is 7.25. The number of carbonyl (C=O) groups is 1. The van der Waals surface area contributed by atoms with Gasteiger partial charge in [-0.1, -0.05) is 41.0 Å². The minimum absolute atomic E-state index is 0.00918. The highest BCUT2D eigenvalue weighted by Gasteiger charge is 2.10. The van der Waals surface area contributed by atoms with Crippen LogP contribution in [-0.2, 0) is 17.8 Å². The maximum Gasteiger partial charge on any atom is 0.226 e. The fraction of sp³-hybridized carbons (Fsp3) is 0.182. The van der Waals surface area contributed by atoms with E-state index in [1.54, 1.807) is 18.3 Å². The van der Waals surface area contributed by atoms with E-state index >= 15 is 0 Å². The Balaban J connectivity index is 1.20. The minimum atomic E-state index is -0.00918. The zero-order valence-electron chi connectivity index (χ0n) is 16.1. The summed E-state index contributed by atoms with van der Waals surface area (Å²) < 4.78 is 5.27. The number of rotatable bonds is 8. The number of halogens is 1. The summed E-state index contributed by atoms with van der Waals surface area (Å²) in [6.45, 7) is 0.489. The Labute approximate surface area is 178 Å². The summed E-state index contributed by atoms with van der Waals surface area (Å²) in [4.78, 5) is 16.5. The van der Waals surface area contributed by atoms with Gasteiger partial charge in [0.1, 0.15) is 0 Å². The standard InChI is InChI=1S/C22H20ClN5O2/c23-18-10-8-17(9-11-18)22-26-21(30-28-22)3-1-2-20(29)24-14-15-4-6-16(7-5-15)19-12-13-25-27-19/h4-13H,1-3,14H2,(H,24,29)(H,25,27). The molecule has 2 aromatic heterocycles. The molecule has 0 unspecified atom stereocenters. The third-order valence-corrected chi connectivity index (χ3v) is 4.87. The van der Waals surface area contributed by atoms with Crippen LogP contribution in [0.1, 0.15) is 24.3 Å². The normalized spacial score (nSPS) is 10.8. The monoisotopic (exact) mass is 421 g/mol. The van der Waals surface area contributed by atoms with Crippen LogP contribution in [-0.4, -0.2) is 26.2 Å². The molecular formula is C22H20ClN5O2. The van der Waals surface area contributed by atoms with E-state index in [1.807, 2.05) is 42.5 Å². The van der Waals surface area contributed by atoms with Gasteiger partial charge in [-0.15, -0.1) is 0 Å². The average molecular weight is 422 g/mol. The first kappa shape index (κ1) is 19.8. The van der Waals surface area contributed by atoms with Gasteiger partial charge in [-0.05, 0) is 47.9 Å². The maximum atomic E-state index is 12.1. The molecule has 0 radical (unpaired) electrons. The van der Waals surface area contributed by atoms with Crippen molar-refractivity contribution in [2.45, 2.75) is 25.8 Å². The van der Waals surface area contributed by atoms with Gasteiger partial charge in [0.25, 0.3) is 0 Å². The Hall–Kier alpha value is -3.45. The number of aryl methyl sites for hydroxylation is 1. The van der Waals surface area contributed by atoms with Crippen molar-refractivity contribution in [2.24, 2.45) is 0 Å². The summed E-state index contributed by atoms with van der Waals surface area (Å²) in [6, 6.07) is 17.1. The molecule has 0 aliphatic rings. The average Bonchev–Trinajstić information content (AvgIpc) is 3.46. The van der Waals surface area contributed by atoms with E-state index in [1.165, 1.54) is 0 Å². The molecule has 0 aliphatic carbocycles. The Morgan fingerprint density at radius 1 is 1.03 bits per heavy atom. The topological polar surface area (TPSA) is 96.7 Å². The van der Waals surface area contributed by atoms with Crippen molar-refractivity contribution in [3.63, 3.8) is 0 Å². The third-order valence-electron chi connectivity index (χ3n) is 4.62. The van der Waals surface area contributed by atoms with E-state index in [2.05, 4.69) is 25.7 Å². The highest BCUT2D eigenvalue weighted by molar-refractivity contribution is 6.30. The second-order valence-electron chi connectivity index (χ2n) is 6.82. The molecule has 0 aliphatic heterocycles. The fourth-order valence-corrected chi connectivity index (χ4v) is 3.11. The van der Waals surface area contributed by atoms with Gasteiger partial charge >= 0.3 is 0 Å².